The van der Waals surface area contributed by atoms with E-state index in [1.165, 1.54) is 6.07 Å². The molecule has 0 aliphatic rings. The van der Waals surface area contributed by atoms with E-state index in [1.807, 2.05) is 0 Å². The van der Waals surface area contributed by atoms with Crippen molar-refractivity contribution in [2.24, 2.45) is 0 Å². The predicted octanol–water partition coefficient (Wildman–Crippen LogP) is 0.474. The number of nitriles is 1. The van der Waals surface area contributed by atoms with Gasteiger partial charge in [0.25, 0.3) is 0 Å². The zero-order valence-electron chi connectivity index (χ0n) is 7.11. The van der Waals surface area contributed by atoms with Gasteiger partial charge in [-0.1, -0.05) is 0 Å². The second-order valence-electron chi connectivity index (χ2n) is 2.04. The molecule has 13 heavy (non-hydrogen) atoms. The highest BCUT2D eigenvalue weighted by Crippen LogP contribution is 1.96. The first-order valence-corrected chi connectivity index (χ1v) is 3.61. The molecule has 0 saturated carbocycles. The summed E-state index contributed by atoms with van der Waals surface area (Å²) >= 11 is 0. The fourth-order valence-electron chi connectivity index (χ4n) is 0.586. The summed E-state index contributed by atoms with van der Waals surface area (Å²) < 4.78 is 4.53. The van der Waals surface area contributed by atoms with Crippen molar-refractivity contribution in [3.63, 3.8) is 0 Å². The molecule has 0 spiro atoms. The lowest BCUT2D eigenvalue weighted by Crippen LogP contribution is -2.04. The minimum absolute atomic E-state index is 0.191. The molecule has 0 aromatic carbocycles. The topological polar surface area (TPSA) is 87.4 Å². The maximum atomic E-state index is 10.7. The summed E-state index contributed by atoms with van der Waals surface area (Å²) in [4.78, 5) is 21.0. The minimum Gasteiger partial charge on any atom is -0.477 e. The van der Waals surface area contributed by atoms with Crippen LogP contribution in [0.25, 0.3) is 0 Å². The fourth-order valence-corrected chi connectivity index (χ4v) is 0.586. The van der Waals surface area contributed by atoms with E-state index in [0.717, 1.165) is 6.08 Å². The fraction of sp³-hybridized carbons (Fsp3) is 0.375. The molecule has 0 aromatic heterocycles. The second-order valence-corrected chi connectivity index (χ2v) is 2.04. The normalized spacial score (nSPS) is 10.3. The Labute approximate surface area is 75.2 Å². The van der Waals surface area contributed by atoms with E-state index >= 15 is 0 Å². The first kappa shape index (κ1) is 11.2. The Morgan fingerprint density at radius 1 is 1.62 bits per heavy atom. The number of carbonyl (C=O) groups excluding carboxylic acids is 1. The number of aliphatic carboxylic acids is 1. The van der Waals surface area contributed by atoms with Crippen molar-refractivity contribution in [3.8, 4) is 6.07 Å². The van der Waals surface area contributed by atoms with Crippen molar-refractivity contribution in [2.45, 2.75) is 13.3 Å². The van der Waals surface area contributed by atoms with Gasteiger partial charge >= 0.3 is 11.9 Å². The van der Waals surface area contributed by atoms with Gasteiger partial charge in [0.05, 0.1) is 13.0 Å². The average molecular weight is 183 g/mol. The molecule has 0 radical (unpaired) electrons. The molecule has 0 bridgehead atoms. The maximum absolute atomic E-state index is 10.7. The van der Waals surface area contributed by atoms with Gasteiger partial charge in [-0.2, -0.15) is 5.26 Å². The van der Waals surface area contributed by atoms with Crippen molar-refractivity contribution in [3.05, 3.63) is 11.6 Å². The Morgan fingerprint density at radius 3 is 2.62 bits per heavy atom. The zero-order valence-corrected chi connectivity index (χ0v) is 7.11. The monoisotopic (exact) mass is 183 g/mol. The van der Waals surface area contributed by atoms with Gasteiger partial charge in [0.2, 0.25) is 0 Å². The zero-order chi connectivity index (χ0) is 10.3. The van der Waals surface area contributed by atoms with E-state index in [0.29, 0.717) is 0 Å². The lowest BCUT2D eigenvalue weighted by atomic mass is 10.2. The molecule has 1 N–H and O–H groups in total. The number of hydrogen-bond donors (Lipinski definition) is 1. The standard InChI is InChI=1S/C8H9NO4/c1-2-13-7(10)4-3-6(5-9)8(11)12/h3H,2,4H2,1H3,(H,11,12). The lowest BCUT2D eigenvalue weighted by Gasteiger charge is -1.96. The van der Waals surface area contributed by atoms with Crippen LogP contribution in [0.2, 0.25) is 0 Å². The third-order valence-electron chi connectivity index (χ3n) is 1.13. The molecule has 0 unspecified atom stereocenters. The van der Waals surface area contributed by atoms with Crippen molar-refractivity contribution < 1.29 is 19.4 Å². The Hall–Kier alpha value is -1.83. The largest absolute Gasteiger partial charge is 0.477 e. The van der Waals surface area contributed by atoms with Gasteiger partial charge in [-0.3, -0.25) is 4.79 Å². The molecule has 5 nitrogen and oxygen atoms in total. The van der Waals surface area contributed by atoms with Crippen molar-refractivity contribution >= 4 is 11.9 Å². The summed E-state index contributed by atoms with van der Waals surface area (Å²) in [6, 6.07) is 1.45. The van der Waals surface area contributed by atoms with Gasteiger partial charge < -0.3 is 9.84 Å². The summed E-state index contributed by atoms with van der Waals surface area (Å²) in [7, 11) is 0. The number of carboxylic acid groups (broad SMARTS) is 1. The summed E-state index contributed by atoms with van der Waals surface area (Å²) in [6.45, 7) is 1.88. The van der Waals surface area contributed by atoms with Crippen LogP contribution < -0.4 is 0 Å². The van der Waals surface area contributed by atoms with E-state index in [4.69, 9.17) is 10.4 Å². The number of esters is 1. The molecule has 70 valence electrons. The number of carbonyl (C=O) groups is 2. The predicted molar refractivity (Wildman–Crippen MR) is 42.6 cm³/mol. The summed E-state index contributed by atoms with van der Waals surface area (Å²) in [5, 5.41) is 16.7. The van der Waals surface area contributed by atoms with E-state index < -0.39 is 17.5 Å². The van der Waals surface area contributed by atoms with Gasteiger partial charge in [-0.15, -0.1) is 0 Å². The van der Waals surface area contributed by atoms with Crippen LogP contribution in [0.4, 0.5) is 0 Å². The van der Waals surface area contributed by atoms with Crippen LogP contribution in [-0.4, -0.2) is 23.7 Å². The van der Waals surface area contributed by atoms with E-state index in [1.54, 1.807) is 6.92 Å². The number of rotatable bonds is 4. The summed E-state index contributed by atoms with van der Waals surface area (Å²) in [5.74, 6) is -1.89. The van der Waals surface area contributed by atoms with Gasteiger partial charge in [0.1, 0.15) is 11.6 Å². The molecule has 0 aliphatic heterocycles. The molecule has 0 saturated heterocycles. The van der Waals surface area contributed by atoms with Crippen LogP contribution >= 0.6 is 0 Å². The van der Waals surface area contributed by atoms with E-state index in [9.17, 15) is 9.59 Å². The molecular weight excluding hydrogens is 174 g/mol. The van der Waals surface area contributed by atoms with Crippen LogP contribution in [0.1, 0.15) is 13.3 Å². The first-order chi connectivity index (χ1) is 6.11. The van der Waals surface area contributed by atoms with Crippen LogP contribution in [0.5, 0.6) is 0 Å². The molecule has 0 aromatic rings. The quantitative estimate of drug-likeness (QED) is 0.389. The summed E-state index contributed by atoms with van der Waals surface area (Å²) in [5.41, 5.74) is -0.451. The average Bonchev–Trinajstić information content (AvgIpc) is 2.05. The molecule has 0 fully saturated rings. The van der Waals surface area contributed by atoms with Gasteiger partial charge in [0.15, 0.2) is 0 Å². The number of carboxylic acids is 1. The van der Waals surface area contributed by atoms with E-state index in [2.05, 4.69) is 4.74 Å². The Bertz CT molecular complexity index is 274. The molecule has 0 aliphatic carbocycles. The van der Waals surface area contributed by atoms with Crippen LogP contribution in [-0.2, 0) is 14.3 Å². The second kappa shape index (κ2) is 5.77. The maximum Gasteiger partial charge on any atom is 0.346 e. The van der Waals surface area contributed by atoms with Crippen LogP contribution in [0.3, 0.4) is 0 Å². The molecule has 0 atom stereocenters. The molecule has 0 rings (SSSR count). The van der Waals surface area contributed by atoms with Crippen molar-refractivity contribution in [1.82, 2.24) is 0 Å². The SMILES string of the molecule is CCOC(=O)CC=C(C#N)C(=O)O. The number of ether oxygens (including phenoxy) is 1. The molecular formula is C8H9NO4. The smallest absolute Gasteiger partial charge is 0.346 e. The minimum atomic E-state index is -1.34. The Kier molecular flexibility index (Phi) is 4.96. The highest BCUT2D eigenvalue weighted by atomic mass is 16.5. The van der Waals surface area contributed by atoms with Crippen molar-refractivity contribution in [2.75, 3.05) is 6.61 Å². The third kappa shape index (κ3) is 4.58. The highest BCUT2D eigenvalue weighted by Gasteiger charge is 2.06. The lowest BCUT2D eigenvalue weighted by molar-refractivity contribution is -0.142. The first-order valence-electron chi connectivity index (χ1n) is 3.61. The van der Waals surface area contributed by atoms with E-state index in [-0.39, 0.29) is 13.0 Å². The van der Waals surface area contributed by atoms with Crippen LogP contribution in [0.15, 0.2) is 11.6 Å². The molecule has 0 amide bonds. The van der Waals surface area contributed by atoms with Crippen LogP contribution in [0, 0.1) is 11.3 Å². The van der Waals surface area contributed by atoms with Gasteiger partial charge in [-0.05, 0) is 13.0 Å². The number of hydrogen-bond acceptors (Lipinski definition) is 4. The highest BCUT2D eigenvalue weighted by molar-refractivity contribution is 5.91. The number of nitrogens with zero attached hydrogens (tertiary/aromatic N) is 1. The Morgan fingerprint density at radius 2 is 2.23 bits per heavy atom. The van der Waals surface area contributed by atoms with Gasteiger partial charge in [-0.25, -0.2) is 4.79 Å². The van der Waals surface area contributed by atoms with Crippen molar-refractivity contribution in [1.29, 1.82) is 5.26 Å². The third-order valence-corrected chi connectivity index (χ3v) is 1.13. The molecule has 0 heterocycles. The van der Waals surface area contributed by atoms with Gasteiger partial charge in [0, 0.05) is 0 Å². The molecule has 5 heteroatoms. The Balaban J connectivity index is 4.17. The summed E-state index contributed by atoms with van der Waals surface area (Å²) in [6.07, 6.45) is 0.837.